The number of para-hydroxylation sites is 1. The molecule has 0 bridgehead atoms. The summed E-state index contributed by atoms with van der Waals surface area (Å²) in [5.41, 5.74) is 8.72. The number of nitrogens with zero attached hydrogens (tertiary/aromatic N) is 3. The van der Waals surface area contributed by atoms with E-state index >= 15 is 0 Å². The Labute approximate surface area is 213 Å². The van der Waals surface area contributed by atoms with Crippen molar-refractivity contribution in [3.63, 3.8) is 0 Å². The quantitative estimate of drug-likeness (QED) is 0.236. The van der Waals surface area contributed by atoms with Gasteiger partial charge in [0, 0.05) is 17.0 Å². The van der Waals surface area contributed by atoms with Gasteiger partial charge in [0.15, 0.2) is 5.65 Å². The van der Waals surface area contributed by atoms with Gasteiger partial charge in [0.2, 0.25) is 0 Å². The standard InChI is InChI=1S/C34H21N3/c1-2-7-25-20-26(16-15-22(25)6-1)23-11-13-24(14-12-23)27-17-18-29-30(21-27)28-8-3-4-10-32(28)37-33(29)36-31-9-5-19-35-34(31)37/h1-21H. The van der Waals surface area contributed by atoms with E-state index in [1.807, 2.05) is 18.3 Å². The molecule has 0 fully saturated rings. The molecule has 3 heterocycles. The first-order valence-electron chi connectivity index (χ1n) is 12.5. The molecule has 0 spiro atoms. The summed E-state index contributed by atoms with van der Waals surface area (Å²) in [5, 5.41) is 6.06. The van der Waals surface area contributed by atoms with E-state index in [0.717, 1.165) is 27.7 Å². The van der Waals surface area contributed by atoms with Gasteiger partial charge < -0.3 is 0 Å². The summed E-state index contributed by atoms with van der Waals surface area (Å²) in [4.78, 5) is 9.60. The summed E-state index contributed by atoms with van der Waals surface area (Å²) < 4.78 is 2.19. The Kier molecular flexibility index (Phi) is 4.23. The summed E-state index contributed by atoms with van der Waals surface area (Å²) in [6.45, 7) is 0. The van der Waals surface area contributed by atoms with E-state index in [1.165, 1.54) is 43.8 Å². The maximum atomic E-state index is 4.96. The van der Waals surface area contributed by atoms with Crippen molar-refractivity contribution < 1.29 is 0 Å². The third kappa shape index (κ3) is 3.08. The Balaban J connectivity index is 1.29. The molecule has 0 saturated heterocycles. The smallest absolute Gasteiger partial charge is 0.164 e. The lowest BCUT2D eigenvalue weighted by Crippen LogP contribution is -1.92. The normalized spacial score (nSPS) is 11.8. The van der Waals surface area contributed by atoms with Crippen LogP contribution in [0.5, 0.6) is 0 Å². The summed E-state index contributed by atoms with van der Waals surface area (Å²) in [6, 6.07) is 43.3. The fraction of sp³-hybridized carbons (Fsp3) is 0. The zero-order chi connectivity index (χ0) is 24.3. The van der Waals surface area contributed by atoms with Gasteiger partial charge in [0.05, 0.1) is 5.52 Å². The SMILES string of the molecule is c1ccc2cc(-c3ccc(-c4ccc5c(c4)c4ccccc4n4c6ncccc6nc54)cc3)ccc2c1. The predicted octanol–water partition coefficient (Wildman–Crippen LogP) is 8.68. The number of rotatable bonds is 2. The highest BCUT2D eigenvalue weighted by Crippen LogP contribution is 2.35. The summed E-state index contributed by atoms with van der Waals surface area (Å²) in [5.74, 6) is 0. The number of fused-ring (bicyclic) bond motifs is 9. The van der Waals surface area contributed by atoms with Gasteiger partial charge >= 0.3 is 0 Å². The average Bonchev–Trinajstić information content (AvgIpc) is 3.37. The summed E-state index contributed by atoms with van der Waals surface area (Å²) >= 11 is 0. The lowest BCUT2D eigenvalue weighted by Gasteiger charge is -2.11. The second-order valence-electron chi connectivity index (χ2n) is 9.53. The molecule has 0 amide bonds. The Bertz CT molecular complexity index is 2140. The fourth-order valence-electron chi connectivity index (χ4n) is 5.58. The molecule has 0 unspecified atom stereocenters. The van der Waals surface area contributed by atoms with Crippen LogP contribution in [0, 0.1) is 0 Å². The molecule has 0 aliphatic carbocycles. The average molecular weight is 472 g/mol. The molecule has 172 valence electrons. The van der Waals surface area contributed by atoms with Crippen LogP contribution < -0.4 is 0 Å². The van der Waals surface area contributed by atoms with Crippen LogP contribution in [0.4, 0.5) is 0 Å². The number of hydrogen-bond acceptors (Lipinski definition) is 2. The van der Waals surface area contributed by atoms with Gasteiger partial charge in [0.1, 0.15) is 11.2 Å². The van der Waals surface area contributed by atoms with Crippen LogP contribution in [-0.2, 0) is 0 Å². The van der Waals surface area contributed by atoms with Crippen LogP contribution in [0.1, 0.15) is 0 Å². The van der Waals surface area contributed by atoms with E-state index in [1.54, 1.807) is 0 Å². The zero-order valence-electron chi connectivity index (χ0n) is 20.0. The molecule has 0 saturated carbocycles. The Morgan fingerprint density at radius 3 is 2.03 bits per heavy atom. The van der Waals surface area contributed by atoms with Crippen molar-refractivity contribution in [2.45, 2.75) is 0 Å². The Hall–Kier alpha value is -5.02. The second kappa shape index (κ2) is 7.74. The van der Waals surface area contributed by atoms with Crippen LogP contribution in [0.3, 0.4) is 0 Å². The zero-order valence-corrected chi connectivity index (χ0v) is 20.0. The van der Waals surface area contributed by atoms with E-state index in [9.17, 15) is 0 Å². The summed E-state index contributed by atoms with van der Waals surface area (Å²) in [7, 11) is 0. The van der Waals surface area contributed by atoms with Crippen LogP contribution >= 0.6 is 0 Å². The molecule has 5 aromatic carbocycles. The first-order chi connectivity index (χ1) is 18.3. The minimum absolute atomic E-state index is 0.893. The molecule has 3 nitrogen and oxygen atoms in total. The van der Waals surface area contributed by atoms with Crippen LogP contribution in [0.15, 0.2) is 128 Å². The molecule has 37 heavy (non-hydrogen) atoms. The monoisotopic (exact) mass is 471 g/mol. The number of aromatic nitrogens is 3. The lowest BCUT2D eigenvalue weighted by molar-refractivity contribution is 1.25. The van der Waals surface area contributed by atoms with Gasteiger partial charge in [-0.25, -0.2) is 9.97 Å². The number of imidazole rings is 1. The van der Waals surface area contributed by atoms with E-state index in [4.69, 9.17) is 4.98 Å². The van der Waals surface area contributed by atoms with Crippen molar-refractivity contribution in [1.29, 1.82) is 0 Å². The molecule has 3 heteroatoms. The first-order valence-corrected chi connectivity index (χ1v) is 12.5. The predicted molar refractivity (Wildman–Crippen MR) is 154 cm³/mol. The van der Waals surface area contributed by atoms with Gasteiger partial charge in [-0.1, -0.05) is 84.9 Å². The maximum Gasteiger partial charge on any atom is 0.164 e. The highest BCUT2D eigenvalue weighted by Gasteiger charge is 2.14. The summed E-state index contributed by atoms with van der Waals surface area (Å²) in [6.07, 6.45) is 1.83. The van der Waals surface area contributed by atoms with Crippen LogP contribution in [0.2, 0.25) is 0 Å². The third-order valence-corrected chi connectivity index (χ3v) is 7.41. The minimum atomic E-state index is 0.893. The van der Waals surface area contributed by atoms with Gasteiger partial charge in [0.25, 0.3) is 0 Å². The van der Waals surface area contributed by atoms with Crippen LogP contribution in [-0.4, -0.2) is 14.4 Å². The van der Waals surface area contributed by atoms with E-state index in [2.05, 4.69) is 119 Å². The Morgan fingerprint density at radius 2 is 1.16 bits per heavy atom. The third-order valence-electron chi connectivity index (χ3n) is 7.41. The van der Waals surface area contributed by atoms with Crippen molar-refractivity contribution in [2.24, 2.45) is 0 Å². The van der Waals surface area contributed by atoms with Crippen LogP contribution in [0.25, 0.3) is 71.5 Å². The molecular formula is C34H21N3. The first kappa shape index (κ1) is 20.2. The second-order valence-corrected chi connectivity index (χ2v) is 9.53. The number of pyridine rings is 2. The van der Waals surface area contributed by atoms with Crippen molar-refractivity contribution in [1.82, 2.24) is 14.4 Å². The van der Waals surface area contributed by atoms with E-state index in [0.29, 0.717) is 0 Å². The molecule has 8 aromatic rings. The molecule has 0 aliphatic rings. The molecule has 0 N–H and O–H groups in total. The topological polar surface area (TPSA) is 30.2 Å². The van der Waals surface area contributed by atoms with E-state index in [-0.39, 0.29) is 0 Å². The minimum Gasteiger partial charge on any atom is -0.276 e. The van der Waals surface area contributed by atoms with Gasteiger partial charge in [-0.2, -0.15) is 0 Å². The molecular weight excluding hydrogens is 450 g/mol. The maximum absolute atomic E-state index is 4.96. The Morgan fingerprint density at radius 1 is 0.459 bits per heavy atom. The van der Waals surface area contributed by atoms with Gasteiger partial charge in [-0.05, 0) is 74.8 Å². The van der Waals surface area contributed by atoms with Crippen molar-refractivity contribution >= 4 is 49.3 Å². The number of benzene rings is 5. The molecule has 3 aromatic heterocycles. The highest BCUT2D eigenvalue weighted by atomic mass is 15.1. The molecule has 0 radical (unpaired) electrons. The van der Waals surface area contributed by atoms with Gasteiger partial charge in [-0.3, -0.25) is 4.40 Å². The number of hydrogen-bond donors (Lipinski definition) is 0. The molecule has 8 rings (SSSR count). The lowest BCUT2D eigenvalue weighted by atomic mass is 9.96. The molecule has 0 aliphatic heterocycles. The van der Waals surface area contributed by atoms with Crippen molar-refractivity contribution in [3.05, 3.63) is 128 Å². The largest absolute Gasteiger partial charge is 0.276 e. The van der Waals surface area contributed by atoms with Crippen molar-refractivity contribution in [3.8, 4) is 22.3 Å². The highest BCUT2D eigenvalue weighted by molar-refractivity contribution is 6.14. The van der Waals surface area contributed by atoms with Gasteiger partial charge in [-0.15, -0.1) is 0 Å². The van der Waals surface area contributed by atoms with E-state index < -0.39 is 0 Å². The molecule has 0 atom stereocenters. The van der Waals surface area contributed by atoms with Crippen molar-refractivity contribution in [2.75, 3.05) is 0 Å². The fourth-order valence-corrected chi connectivity index (χ4v) is 5.58.